The molecule has 0 N–H and O–H groups in total. The van der Waals surface area contributed by atoms with Crippen molar-refractivity contribution in [1.29, 1.82) is 0 Å². The summed E-state index contributed by atoms with van der Waals surface area (Å²) in [6.07, 6.45) is -5.00. The molecule has 7 nitrogen and oxygen atoms in total. The number of hydrogen-bond acceptors (Lipinski definition) is 7. The number of hydrogen-bond donors (Lipinski definition) is 0. The Hall–Kier alpha value is -2.56. The molecule has 1 aliphatic heterocycles. The quantitative estimate of drug-likeness (QED) is 0.653. The van der Waals surface area contributed by atoms with Gasteiger partial charge in [0, 0.05) is 13.1 Å². The summed E-state index contributed by atoms with van der Waals surface area (Å²) in [5, 5.41) is 0.392. The smallest absolute Gasteiger partial charge is 0.416 e. The summed E-state index contributed by atoms with van der Waals surface area (Å²) in [4.78, 5) is 32.3. The van der Waals surface area contributed by atoms with Crippen LogP contribution in [0.4, 0.5) is 23.1 Å². The molecular weight excluding hydrogens is 423 g/mol. The predicted octanol–water partition coefficient (Wildman–Crippen LogP) is 3.91. The van der Waals surface area contributed by atoms with Gasteiger partial charge in [-0.1, -0.05) is 11.3 Å². The lowest BCUT2D eigenvalue weighted by Crippen LogP contribution is -2.58. The number of methoxy groups -OCH3 is 1. The number of carbonyl (C=O) groups is 2. The molecule has 1 aromatic heterocycles. The van der Waals surface area contributed by atoms with Gasteiger partial charge < -0.3 is 19.3 Å². The number of alkyl halides is 3. The number of amides is 1. The van der Waals surface area contributed by atoms with Gasteiger partial charge in [-0.15, -0.1) is 0 Å². The number of thiazole rings is 1. The first kappa shape index (κ1) is 22.1. The second-order valence-corrected chi connectivity index (χ2v) is 8.84. The summed E-state index contributed by atoms with van der Waals surface area (Å²) in [6.45, 7) is 5.78. The standard InChI is InChI=1S/C19H22F3N3O4S/c1-18(2,3)29-17(27)24-7-8-25(13(10-24)15(26)28-4)16-23-12-6-5-11(19(20,21)22)9-14(12)30-16/h5-6,9,13H,7-8,10H2,1-4H3. The number of nitrogens with zero attached hydrogens (tertiary/aromatic N) is 3. The maximum Gasteiger partial charge on any atom is 0.416 e. The van der Waals surface area contributed by atoms with E-state index in [4.69, 9.17) is 9.47 Å². The second kappa shape index (κ2) is 7.93. The van der Waals surface area contributed by atoms with Gasteiger partial charge in [0.1, 0.15) is 11.6 Å². The Labute approximate surface area is 175 Å². The summed E-state index contributed by atoms with van der Waals surface area (Å²) in [6, 6.07) is 2.48. The Morgan fingerprint density at radius 3 is 2.50 bits per heavy atom. The topological polar surface area (TPSA) is 72.0 Å². The van der Waals surface area contributed by atoms with E-state index < -0.39 is 35.4 Å². The highest BCUT2D eigenvalue weighted by molar-refractivity contribution is 7.22. The van der Waals surface area contributed by atoms with Gasteiger partial charge in [-0.2, -0.15) is 13.2 Å². The zero-order chi connectivity index (χ0) is 22.3. The van der Waals surface area contributed by atoms with E-state index in [2.05, 4.69) is 4.98 Å². The van der Waals surface area contributed by atoms with Gasteiger partial charge in [-0.3, -0.25) is 0 Å². The number of rotatable bonds is 2. The first-order valence-electron chi connectivity index (χ1n) is 9.19. The van der Waals surface area contributed by atoms with Crippen LogP contribution < -0.4 is 4.90 Å². The van der Waals surface area contributed by atoms with Crippen LogP contribution in [0.2, 0.25) is 0 Å². The molecule has 30 heavy (non-hydrogen) atoms. The van der Waals surface area contributed by atoms with Crippen LogP contribution in [-0.2, 0) is 20.4 Å². The predicted molar refractivity (Wildman–Crippen MR) is 106 cm³/mol. The molecule has 0 bridgehead atoms. The zero-order valence-corrected chi connectivity index (χ0v) is 17.8. The van der Waals surface area contributed by atoms with Crippen LogP contribution in [0.1, 0.15) is 26.3 Å². The van der Waals surface area contributed by atoms with E-state index in [1.807, 2.05) is 0 Å². The van der Waals surface area contributed by atoms with Crippen molar-refractivity contribution >= 4 is 38.7 Å². The number of carbonyl (C=O) groups excluding carboxylic acids is 2. The van der Waals surface area contributed by atoms with Gasteiger partial charge in [-0.05, 0) is 39.0 Å². The minimum atomic E-state index is -4.45. The second-order valence-electron chi connectivity index (χ2n) is 7.84. The molecule has 11 heteroatoms. The first-order valence-corrected chi connectivity index (χ1v) is 10.0. The molecule has 164 valence electrons. The number of esters is 1. The Morgan fingerprint density at radius 1 is 1.20 bits per heavy atom. The lowest BCUT2D eigenvalue weighted by molar-refractivity contribution is -0.143. The molecule has 0 aliphatic carbocycles. The number of ether oxygens (including phenoxy) is 2. The summed E-state index contributed by atoms with van der Waals surface area (Å²) in [5.41, 5.74) is -1.04. The normalized spacial score (nSPS) is 17.9. The third-order valence-corrected chi connectivity index (χ3v) is 5.51. The van der Waals surface area contributed by atoms with Crippen molar-refractivity contribution in [3.05, 3.63) is 23.8 Å². The van der Waals surface area contributed by atoms with Crippen molar-refractivity contribution in [2.45, 2.75) is 38.6 Å². The largest absolute Gasteiger partial charge is 0.467 e. The van der Waals surface area contributed by atoms with E-state index in [9.17, 15) is 22.8 Å². The lowest BCUT2D eigenvalue weighted by Gasteiger charge is -2.39. The van der Waals surface area contributed by atoms with E-state index in [0.29, 0.717) is 15.3 Å². The molecule has 1 amide bonds. The van der Waals surface area contributed by atoms with Gasteiger partial charge in [-0.25, -0.2) is 14.6 Å². The average molecular weight is 445 g/mol. The van der Waals surface area contributed by atoms with Gasteiger partial charge in [0.05, 0.1) is 29.4 Å². The SMILES string of the molecule is COC(=O)C1CN(C(=O)OC(C)(C)C)CCN1c1nc2ccc(C(F)(F)F)cc2s1. The van der Waals surface area contributed by atoms with Gasteiger partial charge in [0.25, 0.3) is 0 Å². The Bertz CT molecular complexity index is 955. The number of piperazine rings is 1. The summed E-state index contributed by atoms with van der Waals surface area (Å²) in [5.74, 6) is -0.571. The highest BCUT2D eigenvalue weighted by Crippen LogP contribution is 2.36. The van der Waals surface area contributed by atoms with Crippen LogP contribution in [0.5, 0.6) is 0 Å². The minimum Gasteiger partial charge on any atom is -0.467 e. The molecule has 2 heterocycles. The lowest BCUT2D eigenvalue weighted by atomic mass is 10.2. The average Bonchev–Trinajstić information content (AvgIpc) is 3.08. The van der Waals surface area contributed by atoms with Gasteiger partial charge in [0.15, 0.2) is 5.13 Å². The fourth-order valence-electron chi connectivity index (χ4n) is 3.05. The Balaban J connectivity index is 1.87. The molecule has 0 saturated carbocycles. The van der Waals surface area contributed by atoms with Crippen LogP contribution in [0.25, 0.3) is 10.2 Å². The number of anilines is 1. The molecule has 1 unspecified atom stereocenters. The van der Waals surface area contributed by atoms with Crippen molar-refractivity contribution in [2.24, 2.45) is 0 Å². The van der Waals surface area contributed by atoms with E-state index in [-0.39, 0.29) is 19.6 Å². The van der Waals surface area contributed by atoms with Crippen LogP contribution >= 0.6 is 11.3 Å². The fourth-order valence-corrected chi connectivity index (χ4v) is 4.13. The van der Waals surface area contributed by atoms with Crippen LogP contribution in [0.3, 0.4) is 0 Å². The summed E-state index contributed by atoms with van der Waals surface area (Å²) < 4.78 is 49.6. The number of benzene rings is 1. The van der Waals surface area contributed by atoms with E-state index in [1.54, 1.807) is 25.7 Å². The fraction of sp³-hybridized carbons (Fsp3) is 0.526. The molecule has 1 atom stereocenters. The maximum absolute atomic E-state index is 13.0. The molecule has 2 aromatic rings. The molecule has 1 fully saturated rings. The van der Waals surface area contributed by atoms with E-state index in [1.165, 1.54) is 18.1 Å². The number of aromatic nitrogens is 1. The molecule has 0 spiro atoms. The van der Waals surface area contributed by atoms with Crippen molar-refractivity contribution in [2.75, 3.05) is 31.6 Å². The molecule has 3 rings (SSSR count). The third-order valence-electron chi connectivity index (χ3n) is 4.46. The van der Waals surface area contributed by atoms with Gasteiger partial charge >= 0.3 is 18.2 Å². The van der Waals surface area contributed by atoms with E-state index in [0.717, 1.165) is 23.5 Å². The molecular formula is C19H22F3N3O4S. The van der Waals surface area contributed by atoms with Gasteiger partial charge in [0.2, 0.25) is 0 Å². The van der Waals surface area contributed by atoms with E-state index >= 15 is 0 Å². The first-order chi connectivity index (χ1) is 13.9. The van der Waals surface area contributed by atoms with Crippen LogP contribution in [-0.4, -0.2) is 60.3 Å². The summed E-state index contributed by atoms with van der Waals surface area (Å²) in [7, 11) is 1.24. The molecule has 1 saturated heterocycles. The monoisotopic (exact) mass is 445 g/mol. The van der Waals surface area contributed by atoms with Crippen molar-refractivity contribution < 1.29 is 32.2 Å². The molecule has 1 aliphatic rings. The zero-order valence-electron chi connectivity index (χ0n) is 16.9. The highest BCUT2D eigenvalue weighted by Gasteiger charge is 2.38. The molecule has 0 radical (unpaired) electrons. The van der Waals surface area contributed by atoms with Crippen LogP contribution in [0.15, 0.2) is 18.2 Å². The molecule has 1 aromatic carbocycles. The summed E-state index contributed by atoms with van der Waals surface area (Å²) >= 11 is 1.06. The minimum absolute atomic E-state index is 0.0192. The Morgan fingerprint density at radius 2 is 1.90 bits per heavy atom. The van der Waals surface area contributed by atoms with Crippen LogP contribution in [0, 0.1) is 0 Å². The maximum atomic E-state index is 13.0. The Kier molecular flexibility index (Phi) is 5.85. The highest BCUT2D eigenvalue weighted by atomic mass is 32.1. The van der Waals surface area contributed by atoms with Crippen molar-refractivity contribution in [3.63, 3.8) is 0 Å². The van der Waals surface area contributed by atoms with Crippen molar-refractivity contribution in [3.8, 4) is 0 Å². The number of halogens is 3. The number of fused-ring (bicyclic) bond motifs is 1. The van der Waals surface area contributed by atoms with Crippen molar-refractivity contribution in [1.82, 2.24) is 9.88 Å². The third kappa shape index (κ3) is 4.77.